The van der Waals surface area contributed by atoms with Gasteiger partial charge in [-0.2, -0.15) is 0 Å². The van der Waals surface area contributed by atoms with Crippen LogP contribution in [0.5, 0.6) is 5.75 Å². The second-order valence-corrected chi connectivity index (χ2v) is 6.11. The van der Waals surface area contributed by atoms with Crippen LogP contribution in [-0.2, 0) is 6.54 Å². The van der Waals surface area contributed by atoms with Gasteiger partial charge in [-0.25, -0.2) is 0 Å². The van der Waals surface area contributed by atoms with E-state index in [9.17, 15) is 0 Å². The van der Waals surface area contributed by atoms with Crippen molar-refractivity contribution < 1.29 is 4.74 Å². The molecule has 0 aliphatic rings. The summed E-state index contributed by atoms with van der Waals surface area (Å²) < 4.78 is 5.94. The third kappa shape index (κ3) is 5.54. The number of hydrogen-bond donors (Lipinski definition) is 1. The Morgan fingerprint density at radius 3 is 2.50 bits per heavy atom. The van der Waals surface area contributed by atoms with Crippen LogP contribution in [0, 0.1) is 5.41 Å². The largest absolute Gasteiger partial charge is 0.490 e. The van der Waals surface area contributed by atoms with Gasteiger partial charge in [0.25, 0.3) is 0 Å². The van der Waals surface area contributed by atoms with Gasteiger partial charge >= 0.3 is 0 Å². The lowest BCUT2D eigenvalue weighted by Crippen LogP contribution is -2.26. The molecule has 0 saturated carbocycles. The molecule has 1 unspecified atom stereocenters. The van der Waals surface area contributed by atoms with Gasteiger partial charge in [-0.1, -0.05) is 45.9 Å². The maximum absolute atomic E-state index is 5.94. The molecule has 0 aromatic heterocycles. The molecule has 0 radical (unpaired) electrons. The van der Waals surface area contributed by atoms with E-state index in [1.54, 1.807) is 0 Å². The van der Waals surface area contributed by atoms with Gasteiger partial charge in [-0.3, -0.25) is 0 Å². The summed E-state index contributed by atoms with van der Waals surface area (Å²) in [5.41, 5.74) is 1.55. The number of benzene rings is 1. The van der Waals surface area contributed by atoms with Crippen molar-refractivity contribution in [3.05, 3.63) is 29.8 Å². The zero-order valence-electron chi connectivity index (χ0n) is 12.4. The van der Waals surface area contributed by atoms with E-state index >= 15 is 0 Å². The average Bonchev–Trinajstić information content (AvgIpc) is 2.29. The maximum atomic E-state index is 5.94. The molecule has 18 heavy (non-hydrogen) atoms. The zero-order valence-corrected chi connectivity index (χ0v) is 12.4. The molecule has 0 fully saturated rings. The molecule has 0 aliphatic carbocycles. The van der Waals surface area contributed by atoms with Crippen LogP contribution in [0.4, 0.5) is 0 Å². The molecule has 1 rings (SSSR count). The molecule has 102 valence electrons. The highest BCUT2D eigenvalue weighted by molar-refractivity contribution is 5.33. The van der Waals surface area contributed by atoms with Gasteiger partial charge in [-0.05, 0) is 24.8 Å². The molecule has 1 N–H and O–H groups in total. The number of rotatable bonds is 6. The summed E-state index contributed by atoms with van der Waals surface area (Å²) in [5.74, 6) is 1.01. The Balaban J connectivity index is 2.59. The number of hydrogen-bond acceptors (Lipinski definition) is 2. The van der Waals surface area contributed by atoms with E-state index in [0.29, 0.717) is 5.41 Å². The molecule has 1 atom stereocenters. The molecular formula is C16H27NO. The molecule has 2 nitrogen and oxygen atoms in total. The van der Waals surface area contributed by atoms with Crippen molar-refractivity contribution >= 4 is 0 Å². The Morgan fingerprint density at radius 2 is 1.89 bits per heavy atom. The fourth-order valence-electron chi connectivity index (χ4n) is 1.64. The van der Waals surface area contributed by atoms with Gasteiger partial charge in [0.15, 0.2) is 0 Å². The first-order chi connectivity index (χ1) is 8.42. The van der Waals surface area contributed by atoms with Crippen molar-refractivity contribution in [1.29, 1.82) is 0 Å². The minimum absolute atomic E-state index is 0.272. The predicted molar refractivity (Wildman–Crippen MR) is 78.0 cm³/mol. The lowest BCUT2D eigenvalue weighted by atomic mass is 9.97. The van der Waals surface area contributed by atoms with Gasteiger partial charge < -0.3 is 10.1 Å². The molecule has 2 heteroatoms. The third-order valence-electron chi connectivity index (χ3n) is 2.85. The summed E-state index contributed by atoms with van der Waals surface area (Å²) in [4.78, 5) is 0. The van der Waals surface area contributed by atoms with Crippen LogP contribution in [0.3, 0.4) is 0 Å². The minimum atomic E-state index is 0.272. The van der Waals surface area contributed by atoms with Crippen LogP contribution in [0.2, 0.25) is 0 Å². The first kappa shape index (κ1) is 15.0. The van der Waals surface area contributed by atoms with Crippen molar-refractivity contribution in [2.75, 3.05) is 6.54 Å². The molecular weight excluding hydrogens is 222 g/mol. The van der Waals surface area contributed by atoms with Crippen LogP contribution in [0.1, 0.15) is 46.6 Å². The van der Waals surface area contributed by atoms with Crippen molar-refractivity contribution in [2.24, 2.45) is 5.41 Å². The first-order valence-corrected chi connectivity index (χ1v) is 6.87. The second-order valence-electron chi connectivity index (χ2n) is 6.11. The Labute approximate surface area is 112 Å². The summed E-state index contributed by atoms with van der Waals surface area (Å²) in [5, 5.41) is 3.49. The van der Waals surface area contributed by atoms with E-state index in [4.69, 9.17) is 4.74 Å². The fourth-order valence-corrected chi connectivity index (χ4v) is 1.64. The Kier molecular flexibility index (Phi) is 5.67. The maximum Gasteiger partial charge on any atom is 0.124 e. The van der Waals surface area contributed by atoms with Crippen molar-refractivity contribution in [2.45, 2.75) is 53.7 Å². The van der Waals surface area contributed by atoms with E-state index in [-0.39, 0.29) is 6.10 Å². The van der Waals surface area contributed by atoms with Crippen molar-refractivity contribution in [1.82, 2.24) is 5.32 Å². The zero-order chi connectivity index (χ0) is 13.6. The summed E-state index contributed by atoms with van der Waals surface area (Å²) >= 11 is 0. The van der Waals surface area contributed by atoms with Crippen molar-refractivity contribution in [3.63, 3.8) is 0 Å². The average molecular weight is 249 g/mol. The quantitative estimate of drug-likeness (QED) is 0.823. The fraction of sp³-hybridized carbons (Fsp3) is 0.625. The van der Waals surface area contributed by atoms with Crippen LogP contribution in [0.15, 0.2) is 24.3 Å². The summed E-state index contributed by atoms with van der Waals surface area (Å²) in [6.45, 7) is 12.8. The van der Waals surface area contributed by atoms with Gasteiger partial charge in [0.05, 0.1) is 6.10 Å². The Bertz CT molecular complexity index is 354. The molecule has 1 aromatic rings. The number of para-hydroxylation sites is 1. The Hall–Kier alpha value is -1.02. The lowest BCUT2D eigenvalue weighted by Gasteiger charge is -2.20. The highest BCUT2D eigenvalue weighted by atomic mass is 16.5. The third-order valence-corrected chi connectivity index (χ3v) is 2.85. The van der Waals surface area contributed by atoms with E-state index in [2.05, 4.69) is 58.1 Å². The minimum Gasteiger partial charge on any atom is -0.490 e. The molecule has 0 saturated heterocycles. The topological polar surface area (TPSA) is 21.3 Å². The SMILES string of the molecule is CCC(C)Oc1ccccc1CNCC(C)(C)C. The van der Waals surface area contributed by atoms with Crippen LogP contribution < -0.4 is 10.1 Å². The monoisotopic (exact) mass is 249 g/mol. The van der Waals surface area contributed by atoms with E-state index in [1.807, 2.05) is 6.07 Å². The summed E-state index contributed by atoms with van der Waals surface area (Å²) in [6.07, 6.45) is 1.30. The number of nitrogens with one attached hydrogen (secondary N) is 1. The highest BCUT2D eigenvalue weighted by Crippen LogP contribution is 2.20. The lowest BCUT2D eigenvalue weighted by molar-refractivity contribution is 0.214. The van der Waals surface area contributed by atoms with Gasteiger partial charge in [-0.15, -0.1) is 0 Å². The van der Waals surface area contributed by atoms with E-state index in [0.717, 1.165) is 25.3 Å². The molecule has 0 heterocycles. The molecule has 0 bridgehead atoms. The first-order valence-electron chi connectivity index (χ1n) is 6.87. The predicted octanol–water partition coefficient (Wildman–Crippen LogP) is 4.00. The molecule has 0 aliphatic heterocycles. The highest BCUT2D eigenvalue weighted by Gasteiger charge is 2.10. The molecule has 1 aromatic carbocycles. The summed E-state index contributed by atoms with van der Waals surface area (Å²) in [7, 11) is 0. The standard InChI is InChI=1S/C16H27NO/c1-6-13(2)18-15-10-8-7-9-14(15)11-17-12-16(3,4)5/h7-10,13,17H,6,11-12H2,1-5H3. The summed E-state index contributed by atoms with van der Waals surface area (Å²) in [6, 6.07) is 8.29. The smallest absolute Gasteiger partial charge is 0.124 e. The molecule has 0 amide bonds. The van der Waals surface area contributed by atoms with Crippen LogP contribution >= 0.6 is 0 Å². The van der Waals surface area contributed by atoms with Gasteiger partial charge in [0, 0.05) is 18.7 Å². The second kappa shape index (κ2) is 6.79. The van der Waals surface area contributed by atoms with Crippen molar-refractivity contribution in [3.8, 4) is 5.75 Å². The molecule has 0 spiro atoms. The van der Waals surface area contributed by atoms with E-state index in [1.165, 1.54) is 5.56 Å². The van der Waals surface area contributed by atoms with E-state index < -0.39 is 0 Å². The normalized spacial score (nSPS) is 13.4. The Morgan fingerprint density at radius 1 is 1.22 bits per heavy atom. The van der Waals surface area contributed by atoms with Crippen LogP contribution in [-0.4, -0.2) is 12.6 Å². The van der Waals surface area contributed by atoms with Gasteiger partial charge in [0.1, 0.15) is 5.75 Å². The number of ether oxygens (including phenoxy) is 1. The van der Waals surface area contributed by atoms with Gasteiger partial charge in [0.2, 0.25) is 0 Å². The van der Waals surface area contributed by atoms with Crippen LogP contribution in [0.25, 0.3) is 0 Å².